The Labute approximate surface area is 142 Å². The second-order valence-electron chi connectivity index (χ2n) is 5.58. The van der Waals surface area contributed by atoms with Gasteiger partial charge < -0.3 is 10.4 Å². The predicted octanol–water partition coefficient (Wildman–Crippen LogP) is 2.50. The topological polar surface area (TPSA) is 69.6 Å². The predicted molar refractivity (Wildman–Crippen MR) is 90.2 cm³/mol. The lowest BCUT2D eigenvalue weighted by atomic mass is 9.85. The fraction of sp³-hybridized carbons (Fsp3) is 0.600. The molecule has 5 nitrogen and oxygen atoms in total. The molecule has 1 aromatic heterocycles. The Kier molecular flexibility index (Phi) is 6.40. The number of carbonyl (C=O) groups is 2. The molecule has 7 heteroatoms. The van der Waals surface area contributed by atoms with Gasteiger partial charge in [0.05, 0.1) is 6.54 Å². The first-order valence-electron chi connectivity index (χ1n) is 7.46. The molecule has 0 aliphatic heterocycles. The highest BCUT2D eigenvalue weighted by molar-refractivity contribution is 9.10. The van der Waals surface area contributed by atoms with E-state index >= 15 is 0 Å². The van der Waals surface area contributed by atoms with Crippen molar-refractivity contribution in [2.45, 2.75) is 44.7 Å². The molecule has 0 saturated heterocycles. The van der Waals surface area contributed by atoms with Crippen molar-refractivity contribution in [1.82, 2.24) is 10.2 Å². The van der Waals surface area contributed by atoms with Crippen LogP contribution in [0.15, 0.2) is 15.9 Å². The van der Waals surface area contributed by atoms with Gasteiger partial charge in [-0.15, -0.1) is 11.3 Å². The molecule has 1 aliphatic carbocycles. The Morgan fingerprint density at radius 3 is 2.77 bits per heavy atom. The molecule has 0 bridgehead atoms. The number of carboxylic acid groups (broad SMARTS) is 1. The van der Waals surface area contributed by atoms with Gasteiger partial charge in [-0.05, 0) is 47.8 Å². The number of carboxylic acids is 1. The second-order valence-corrected chi connectivity index (χ2v) is 7.49. The van der Waals surface area contributed by atoms with Gasteiger partial charge in [0.2, 0.25) is 5.91 Å². The molecule has 0 spiro atoms. The molecule has 1 saturated carbocycles. The minimum Gasteiger partial charge on any atom is -0.480 e. The molecule has 0 unspecified atom stereocenters. The number of amides is 1. The van der Waals surface area contributed by atoms with Crippen molar-refractivity contribution in [3.8, 4) is 0 Å². The number of aryl methyl sites for hydroxylation is 1. The molecule has 1 amide bonds. The summed E-state index contributed by atoms with van der Waals surface area (Å²) in [6.45, 7) is 2.77. The Bertz CT molecular complexity index is 529. The van der Waals surface area contributed by atoms with Gasteiger partial charge in [-0.3, -0.25) is 14.5 Å². The lowest BCUT2D eigenvalue weighted by molar-refractivity contribution is -0.139. The maximum atomic E-state index is 11.9. The molecule has 1 heterocycles. The van der Waals surface area contributed by atoms with Gasteiger partial charge in [0.15, 0.2) is 0 Å². The third-order valence-corrected chi connectivity index (χ3v) is 5.72. The van der Waals surface area contributed by atoms with E-state index in [1.165, 1.54) is 4.88 Å². The van der Waals surface area contributed by atoms with Crippen LogP contribution in [0.2, 0.25) is 0 Å². The van der Waals surface area contributed by atoms with E-state index in [4.69, 9.17) is 5.11 Å². The van der Waals surface area contributed by atoms with Crippen LogP contribution in [0, 0.1) is 0 Å². The van der Waals surface area contributed by atoms with Crippen LogP contribution in [-0.4, -0.2) is 47.1 Å². The van der Waals surface area contributed by atoms with Gasteiger partial charge in [-0.2, -0.15) is 0 Å². The van der Waals surface area contributed by atoms with Crippen LogP contribution in [0.4, 0.5) is 0 Å². The summed E-state index contributed by atoms with van der Waals surface area (Å²) in [5, 5.41) is 13.9. The summed E-state index contributed by atoms with van der Waals surface area (Å²) in [5.74, 6) is -0.717. The van der Waals surface area contributed by atoms with Crippen molar-refractivity contribution < 1.29 is 14.7 Å². The zero-order chi connectivity index (χ0) is 16.1. The number of rotatable bonds is 8. The van der Waals surface area contributed by atoms with Crippen molar-refractivity contribution in [2.24, 2.45) is 0 Å². The van der Waals surface area contributed by atoms with Gasteiger partial charge in [0.1, 0.15) is 0 Å². The number of hydrogen-bond acceptors (Lipinski definition) is 4. The molecular formula is C15H21BrN2O3S. The highest BCUT2D eigenvalue weighted by atomic mass is 79.9. The summed E-state index contributed by atoms with van der Waals surface area (Å²) in [4.78, 5) is 25.9. The molecule has 1 aliphatic rings. The number of carbonyl (C=O) groups excluding carboxylic acids is 1. The number of thiophene rings is 1. The van der Waals surface area contributed by atoms with Crippen molar-refractivity contribution >= 4 is 39.1 Å². The van der Waals surface area contributed by atoms with Gasteiger partial charge >= 0.3 is 5.97 Å². The largest absolute Gasteiger partial charge is 0.480 e. The molecule has 1 aromatic rings. The maximum absolute atomic E-state index is 11.9. The highest BCUT2D eigenvalue weighted by Crippen LogP contribution is 2.26. The van der Waals surface area contributed by atoms with E-state index in [1.807, 2.05) is 23.3 Å². The van der Waals surface area contributed by atoms with E-state index in [1.54, 1.807) is 11.3 Å². The number of hydrogen-bond donors (Lipinski definition) is 2. The number of nitrogens with zero attached hydrogens (tertiary/aromatic N) is 1. The Morgan fingerprint density at radius 2 is 2.23 bits per heavy atom. The molecule has 1 fully saturated rings. The van der Waals surface area contributed by atoms with Crippen LogP contribution in [0.25, 0.3) is 0 Å². The van der Waals surface area contributed by atoms with Gasteiger partial charge in [0.25, 0.3) is 0 Å². The Morgan fingerprint density at radius 1 is 1.50 bits per heavy atom. The molecule has 2 rings (SSSR count). The van der Waals surface area contributed by atoms with Crippen molar-refractivity contribution in [3.63, 3.8) is 0 Å². The third kappa shape index (κ3) is 5.07. The van der Waals surface area contributed by atoms with Crippen molar-refractivity contribution in [3.05, 3.63) is 20.8 Å². The smallest absolute Gasteiger partial charge is 0.317 e. The van der Waals surface area contributed by atoms with Crippen LogP contribution < -0.4 is 5.32 Å². The minimum atomic E-state index is -0.795. The fourth-order valence-corrected chi connectivity index (χ4v) is 4.15. The standard InChI is InChI=1S/C15H21BrN2O3S/c1-2-18(8-15(20)21)12-6-11(7-12)17-14(19)4-3-13-5-10(16)9-22-13/h5,9,11-12H,2-4,6-8H2,1H3,(H,17,19)(H,20,21). The van der Waals surface area contributed by atoms with E-state index in [2.05, 4.69) is 21.2 Å². The summed E-state index contributed by atoms with van der Waals surface area (Å²) in [7, 11) is 0. The quantitative estimate of drug-likeness (QED) is 0.717. The van der Waals surface area contributed by atoms with Crippen LogP contribution >= 0.6 is 27.3 Å². The summed E-state index contributed by atoms with van der Waals surface area (Å²) >= 11 is 5.06. The van der Waals surface area contributed by atoms with E-state index < -0.39 is 5.97 Å². The van der Waals surface area contributed by atoms with Gasteiger partial charge in [-0.25, -0.2) is 0 Å². The first kappa shape index (κ1) is 17.4. The summed E-state index contributed by atoms with van der Waals surface area (Å²) in [5.41, 5.74) is 0. The zero-order valence-corrected chi connectivity index (χ0v) is 15.0. The third-order valence-electron chi connectivity index (χ3n) is 3.96. The van der Waals surface area contributed by atoms with E-state index in [-0.39, 0.29) is 24.5 Å². The zero-order valence-electron chi connectivity index (χ0n) is 12.5. The van der Waals surface area contributed by atoms with Crippen LogP contribution in [0.1, 0.15) is 31.1 Å². The summed E-state index contributed by atoms with van der Waals surface area (Å²) < 4.78 is 1.06. The lowest BCUT2D eigenvalue weighted by Crippen LogP contribution is -2.54. The van der Waals surface area contributed by atoms with Crippen LogP contribution in [0.3, 0.4) is 0 Å². The lowest BCUT2D eigenvalue weighted by Gasteiger charge is -2.42. The average molecular weight is 389 g/mol. The van der Waals surface area contributed by atoms with Crippen LogP contribution in [0.5, 0.6) is 0 Å². The van der Waals surface area contributed by atoms with Crippen molar-refractivity contribution in [1.29, 1.82) is 0 Å². The number of likely N-dealkylation sites (N-methyl/N-ethyl adjacent to an activating group) is 1. The van der Waals surface area contributed by atoms with E-state index in [0.29, 0.717) is 6.42 Å². The first-order chi connectivity index (χ1) is 10.5. The Balaban J connectivity index is 1.66. The summed E-state index contributed by atoms with van der Waals surface area (Å²) in [6, 6.07) is 2.51. The van der Waals surface area contributed by atoms with Gasteiger partial charge in [-0.1, -0.05) is 6.92 Å². The number of nitrogens with one attached hydrogen (secondary N) is 1. The number of halogens is 1. The SMILES string of the molecule is CCN(CC(=O)O)C1CC(NC(=O)CCc2cc(Br)cs2)C1. The molecule has 0 atom stereocenters. The maximum Gasteiger partial charge on any atom is 0.317 e. The average Bonchev–Trinajstić information content (AvgIpc) is 2.83. The molecule has 122 valence electrons. The minimum absolute atomic E-state index is 0.0780. The fourth-order valence-electron chi connectivity index (χ4n) is 2.70. The Hall–Kier alpha value is -0.920. The number of aliphatic carboxylic acids is 1. The molecule has 0 radical (unpaired) electrons. The van der Waals surface area contributed by atoms with Gasteiger partial charge in [0, 0.05) is 33.2 Å². The highest BCUT2D eigenvalue weighted by Gasteiger charge is 2.34. The van der Waals surface area contributed by atoms with E-state index in [0.717, 1.165) is 30.3 Å². The van der Waals surface area contributed by atoms with Crippen LogP contribution in [-0.2, 0) is 16.0 Å². The normalized spacial score (nSPS) is 20.7. The monoisotopic (exact) mass is 388 g/mol. The molecular weight excluding hydrogens is 368 g/mol. The summed E-state index contributed by atoms with van der Waals surface area (Å²) in [6.07, 6.45) is 2.95. The second kappa shape index (κ2) is 8.08. The molecule has 0 aromatic carbocycles. The molecule has 2 N–H and O–H groups in total. The molecule has 22 heavy (non-hydrogen) atoms. The first-order valence-corrected chi connectivity index (χ1v) is 9.13. The van der Waals surface area contributed by atoms with E-state index in [9.17, 15) is 9.59 Å². The van der Waals surface area contributed by atoms with Crippen molar-refractivity contribution in [2.75, 3.05) is 13.1 Å².